The van der Waals surface area contributed by atoms with Gasteiger partial charge in [-0.3, -0.25) is 70.7 Å². The summed E-state index contributed by atoms with van der Waals surface area (Å²) in [5.74, 6) is -1.04. The van der Waals surface area contributed by atoms with E-state index in [1.807, 2.05) is 0 Å². The maximum Gasteiger partial charge on any atom is 0.351 e. The number of esters is 2. The molecule has 0 saturated carbocycles. The van der Waals surface area contributed by atoms with Crippen molar-refractivity contribution in [3.05, 3.63) is 258 Å². The summed E-state index contributed by atoms with van der Waals surface area (Å²) in [6, 6.07) is 34.4. The number of hydrogen-bond donors (Lipinski definition) is 10. The summed E-state index contributed by atoms with van der Waals surface area (Å²) in [6.45, 7) is 4.06. The highest BCUT2D eigenvalue weighted by molar-refractivity contribution is 7.42. The number of ketones is 1. The number of rotatable bonds is 32. The van der Waals surface area contributed by atoms with Gasteiger partial charge in [-0.05, 0) is 131 Å². The van der Waals surface area contributed by atoms with Crippen LogP contribution in [0.4, 0.5) is 11.6 Å². The summed E-state index contributed by atoms with van der Waals surface area (Å²) in [5, 5.41) is 62.2. The molecule has 9 aromatic rings. The predicted octanol–water partition coefficient (Wildman–Crippen LogP) is 6.62. The average Bonchev–Trinajstić information content (AvgIpc) is 1.58. The van der Waals surface area contributed by atoms with Crippen molar-refractivity contribution in [1.82, 2.24) is 38.2 Å². The van der Waals surface area contributed by atoms with Crippen molar-refractivity contribution in [2.45, 2.75) is 175 Å². The van der Waals surface area contributed by atoms with Crippen molar-refractivity contribution < 1.29 is 139 Å². The van der Waals surface area contributed by atoms with Crippen molar-refractivity contribution in [3.8, 4) is 28.7 Å². The molecule has 0 bridgehead atoms. The fraction of sp³-hybridized carbons (Fsp3) is 0.414. The molecule has 5 unspecified atom stereocenters. The number of Topliss-reactive ketones (excluding diaryl/α,β-unsaturated/α-hetero) is 1. The van der Waals surface area contributed by atoms with Gasteiger partial charge in [0.25, 0.3) is 47.0 Å². The normalized spacial score (nSPS) is 25.2. The van der Waals surface area contributed by atoms with Crippen LogP contribution in [0.15, 0.2) is 187 Å². The Morgan fingerprint density at radius 3 is 1.33 bits per heavy atom. The summed E-state index contributed by atoms with van der Waals surface area (Å²) in [6.07, 6.45) is -7.65. The van der Waals surface area contributed by atoms with Gasteiger partial charge in [0.15, 0.2) is 41.8 Å². The van der Waals surface area contributed by atoms with Gasteiger partial charge in [-0.1, -0.05) is 71.2 Å². The number of para-hydroxylation sites is 3. The molecule has 6 aliphatic heterocycles. The van der Waals surface area contributed by atoms with Crippen molar-refractivity contribution in [3.63, 3.8) is 0 Å². The van der Waals surface area contributed by atoms with Crippen LogP contribution in [-0.2, 0) is 75.4 Å². The summed E-state index contributed by atoms with van der Waals surface area (Å²) in [7, 11) is -6.97. The number of aryl methyl sites for hydroxylation is 2. The van der Waals surface area contributed by atoms with Gasteiger partial charge in [0.05, 0.1) is 55.5 Å². The van der Waals surface area contributed by atoms with E-state index in [1.54, 1.807) is 84.9 Å². The number of carbonyl (C=O) groups is 5. The van der Waals surface area contributed by atoms with Gasteiger partial charge < -0.3 is 116 Å². The zero-order chi connectivity index (χ0) is 99.6. The van der Waals surface area contributed by atoms with E-state index in [4.69, 9.17) is 105 Å². The van der Waals surface area contributed by atoms with Crippen LogP contribution in [0.25, 0.3) is 0 Å². The van der Waals surface area contributed by atoms with Gasteiger partial charge in [0.1, 0.15) is 102 Å². The molecule has 6 fully saturated rings. The summed E-state index contributed by atoms with van der Waals surface area (Å²) >= 11 is 18.1. The van der Waals surface area contributed by atoms with Crippen molar-refractivity contribution in [1.29, 1.82) is 0 Å². The molecule has 6 saturated heterocycles. The first-order valence-corrected chi connectivity index (χ1v) is 47.6. The molecule has 6 aliphatic rings. The molecule has 51 heteroatoms. The lowest BCUT2D eigenvalue weighted by atomic mass is 10.1. The molecule has 0 spiro atoms. The Balaban J connectivity index is 0.000000169. The lowest BCUT2D eigenvalue weighted by molar-refractivity contribution is -0.191. The predicted molar refractivity (Wildman–Crippen MR) is 489 cm³/mol. The van der Waals surface area contributed by atoms with E-state index in [2.05, 4.69) is 30.6 Å². The van der Waals surface area contributed by atoms with Crippen LogP contribution in [0, 0.1) is 13.8 Å². The quantitative estimate of drug-likeness (QED) is 0.0156. The Morgan fingerprint density at radius 2 is 0.942 bits per heavy atom. The van der Waals surface area contributed by atoms with E-state index >= 15 is 0 Å². The van der Waals surface area contributed by atoms with Gasteiger partial charge in [-0.2, -0.15) is 9.97 Å². The van der Waals surface area contributed by atoms with Crippen LogP contribution in [0.2, 0.25) is 15.1 Å². The molecule has 10 heterocycles. The first kappa shape index (κ1) is 106. The van der Waals surface area contributed by atoms with Gasteiger partial charge in [0.2, 0.25) is 5.34 Å². The number of halogens is 3. The Kier molecular flexibility index (Phi) is 36.5. The molecule has 0 radical (unpaired) electrons. The molecule has 19 atom stereocenters. The number of aliphatic hydroxyl groups is 6. The van der Waals surface area contributed by atoms with E-state index in [1.165, 1.54) is 115 Å². The molecule has 4 aromatic heterocycles. The highest BCUT2D eigenvalue weighted by atomic mass is 35.5. The minimum atomic E-state index is -3.55. The highest BCUT2D eigenvalue weighted by Gasteiger charge is 2.64. The topological polar surface area (TPSA) is 600 Å². The number of aromatic nitrogens is 8. The van der Waals surface area contributed by atoms with Gasteiger partial charge >= 0.3 is 34.7 Å². The molecule has 10 N–H and O–H groups in total. The third-order valence-corrected chi connectivity index (χ3v) is 28.1. The van der Waals surface area contributed by atoms with E-state index in [0.29, 0.717) is 55.1 Å². The minimum absolute atomic E-state index is 0.000790. The Morgan fingerprint density at radius 1 is 0.522 bits per heavy atom. The van der Waals surface area contributed by atoms with Gasteiger partial charge in [-0.15, -0.1) is 0 Å². The molecule has 45 nitrogen and oxygen atoms in total. The third kappa shape index (κ3) is 25.5. The van der Waals surface area contributed by atoms with Crippen LogP contribution in [0.3, 0.4) is 0 Å². The molecular weight excluding hydrogens is 1940 g/mol. The second kappa shape index (κ2) is 47.6. The Labute approximate surface area is 799 Å². The zero-order valence-corrected chi connectivity index (χ0v) is 79.5. The van der Waals surface area contributed by atoms with E-state index in [0.717, 1.165) is 24.7 Å². The zero-order valence-electron chi connectivity index (χ0n) is 74.3. The highest BCUT2D eigenvalue weighted by Crippen LogP contribution is 2.57. The number of aromatic amines is 2. The number of H-pyrrole nitrogens is 2. The molecule has 138 heavy (non-hydrogen) atoms. The number of aliphatic hydroxyl groups excluding tert-OH is 3. The summed E-state index contributed by atoms with van der Waals surface area (Å²) in [5.41, 5.74) is -3.08. The minimum Gasteiger partial charge on any atom is -0.497 e. The van der Waals surface area contributed by atoms with Crippen LogP contribution < -0.4 is 67.6 Å². The lowest BCUT2D eigenvalue weighted by Gasteiger charge is -2.33. The molecular formula is C87H98Cl3N10O35P3. The smallest absolute Gasteiger partial charge is 0.351 e. The van der Waals surface area contributed by atoms with Gasteiger partial charge in [-0.25, -0.2) is 19.2 Å². The first-order chi connectivity index (χ1) is 65.9. The maximum absolute atomic E-state index is 13.6. The van der Waals surface area contributed by atoms with Crippen molar-refractivity contribution >= 4 is 100 Å². The number of amides is 2. The van der Waals surface area contributed by atoms with E-state index < -0.39 is 198 Å². The first-order valence-electron chi connectivity index (χ1n) is 42.5. The number of nitrogens with zero attached hydrogens (tertiary/aromatic N) is 6. The van der Waals surface area contributed by atoms with Crippen LogP contribution >= 0.6 is 58.9 Å². The fourth-order valence-electron chi connectivity index (χ4n) is 14.9. The number of ether oxygens (including phenoxy) is 12. The number of methoxy groups -OCH3 is 2. The van der Waals surface area contributed by atoms with Crippen LogP contribution in [0.1, 0.15) is 122 Å². The number of nitrogens with one attached hydrogen (secondary N) is 4. The van der Waals surface area contributed by atoms with Gasteiger partial charge in [0, 0.05) is 99.3 Å². The Hall–Kier alpha value is -11.2. The lowest BCUT2D eigenvalue weighted by Crippen LogP contribution is -2.49. The number of anilines is 2. The fourth-order valence-corrected chi connectivity index (χ4v) is 19.6. The summed E-state index contributed by atoms with van der Waals surface area (Å²) < 4.78 is 127. The monoisotopic (exact) mass is 2040 g/mol. The average molecular weight is 2040 g/mol. The second-order valence-corrected chi connectivity index (χ2v) is 37.7. The number of benzene rings is 5. The molecule has 2 amide bonds. The van der Waals surface area contributed by atoms with E-state index in [-0.39, 0.29) is 93.2 Å². The summed E-state index contributed by atoms with van der Waals surface area (Å²) in [4.78, 5) is 146. The third-order valence-electron chi connectivity index (χ3n) is 22.2. The van der Waals surface area contributed by atoms with Crippen LogP contribution in [-0.4, -0.2) is 224 Å². The SMILES string of the molecule is COc1ccc(C(=O)Nc2ccn([C@@H]3O[C@H](CO)[C@](O)([PH](=O)Oc4ccccc4Cl)[C@H]3OC3CCCO3)c(=O)n2)cc1.COc1ccc(C(=O)Nc2ccn([C@@H]3O[C@H](COC(=O)CCC(C)=O)[C@@H](OC(C)=O)[C@H]3OC3CCCO3)c(=O)n2)cc1.Cc1cn([C@H]2C[C@@](O)([PH](=O)Oc3ccccc3Cl)[C@@H](CO)O2)c(=O)[nH]c1=O.Cc1cn([C@H]2C[C@@](O)([PH](=O)Oc3ccccc3Cl)[C@@H](CO)O2)c(=O)[nH]c1=O. The molecule has 742 valence electrons. The number of carbonyl (C=O) groups excluding carboxylic acids is 5. The largest absolute Gasteiger partial charge is 0.497 e. The van der Waals surface area contributed by atoms with E-state index in [9.17, 15) is 97.1 Å². The Bertz CT molecular complexity index is 6150. The number of hydrogen-bond acceptors (Lipinski definition) is 37. The molecule has 15 rings (SSSR count). The molecule has 0 aliphatic carbocycles. The standard InChI is InChI=1S/C28H33N3O11.C27H29ClN3O10P.2C16H18ClN2O7P/c1-16(32)6-11-22(34)39-15-20-24(40-17(2)33)25(42-23-5-4-14-38-23)27(41-20)31-13-12-21(30-28(31)36)29-26(35)18-7-9-19(37-3)10-8-18;1-37-17-10-8-16(9-11-17)24(33)29-21-12-13-31(26(34)30-21)25-23(40-22-7-4-14-38-22)27(35,20(15-32)39-25)42(36)41-19-6-3-2-5-18(19)28;2*1-9-7-19(15(22)18-14(9)21)13-6-16(23,12(8-20)25-13)27(24)26-11-5-3-2-4-10(11)17/h7-10,12-13,20,23-25,27H,4-6,11,14-15H2,1-3H3,(H,29,30,35,36);2-3,5-6,8-13,20,22-23,25,32,35,42H,4,7,14-15H2,1H3,(H,29,30,33,34);2*2-5,7,12-13,20,23,27H,6,8H2,1H3,(H,18,21,22)/t20-,23?,24-,25-,27-;20-,22?,23+,25-,27+;2*12-,13-,16-/m1111/s1. The van der Waals surface area contributed by atoms with Crippen LogP contribution in [0.5, 0.6) is 28.7 Å². The molecule has 5 aromatic carbocycles. The second-order valence-electron chi connectivity index (χ2n) is 31.7. The maximum atomic E-state index is 13.6. The van der Waals surface area contributed by atoms with Crippen molar-refractivity contribution in [2.75, 3.05) is 64.5 Å². The van der Waals surface area contributed by atoms with Crippen molar-refractivity contribution in [2.24, 2.45) is 0 Å².